The molecular weight excluding hydrogens is 302 g/mol. The van der Waals surface area contributed by atoms with E-state index in [9.17, 15) is 4.79 Å². The molecule has 0 saturated carbocycles. The third kappa shape index (κ3) is 2.60. The molecule has 2 aromatic heterocycles. The summed E-state index contributed by atoms with van der Waals surface area (Å²) in [5.41, 5.74) is 4.22. The zero-order chi connectivity index (χ0) is 17.6. The van der Waals surface area contributed by atoms with Crippen LogP contribution in [0.3, 0.4) is 0 Å². The summed E-state index contributed by atoms with van der Waals surface area (Å²) in [6.07, 6.45) is -0.0101. The van der Waals surface area contributed by atoms with Gasteiger partial charge >= 0.3 is 0 Å². The molecule has 0 unspecified atom stereocenters. The van der Waals surface area contributed by atoms with Gasteiger partial charge in [0.1, 0.15) is 11.4 Å². The molecule has 0 saturated heterocycles. The fraction of sp³-hybridized carbons (Fsp3) is 0.368. The lowest BCUT2D eigenvalue weighted by atomic mass is 10.0. The lowest BCUT2D eigenvalue weighted by Gasteiger charge is -2.21. The minimum Gasteiger partial charge on any atom is -0.490 e. The number of anilines is 1. The Balaban J connectivity index is 2.54. The predicted octanol–water partition coefficient (Wildman–Crippen LogP) is 3.55. The molecule has 0 spiro atoms. The lowest BCUT2D eigenvalue weighted by molar-refractivity contribution is 0.245. The second kappa shape index (κ2) is 5.82. The molecule has 2 heterocycles. The van der Waals surface area contributed by atoms with Gasteiger partial charge in [-0.15, -0.1) is 0 Å². The van der Waals surface area contributed by atoms with Crippen LogP contribution in [0.1, 0.15) is 25.1 Å². The number of aromatic amines is 1. The molecule has 0 atom stereocenters. The fourth-order valence-electron chi connectivity index (χ4n) is 3.13. The quantitative estimate of drug-likeness (QED) is 0.748. The van der Waals surface area contributed by atoms with E-state index in [-0.39, 0.29) is 11.5 Å². The first kappa shape index (κ1) is 16.3. The van der Waals surface area contributed by atoms with Crippen molar-refractivity contribution in [1.82, 2.24) is 9.97 Å². The van der Waals surface area contributed by atoms with Crippen molar-refractivity contribution < 1.29 is 4.74 Å². The van der Waals surface area contributed by atoms with Gasteiger partial charge in [0.25, 0.3) is 0 Å². The largest absolute Gasteiger partial charge is 0.490 e. The molecule has 3 rings (SSSR count). The Hall–Kier alpha value is -2.56. The second-order valence-corrected chi connectivity index (χ2v) is 6.65. The third-order valence-electron chi connectivity index (χ3n) is 4.01. The van der Waals surface area contributed by atoms with Crippen LogP contribution in [-0.2, 0) is 0 Å². The van der Waals surface area contributed by atoms with Gasteiger partial charge in [0.2, 0.25) is 5.43 Å². The minimum atomic E-state index is -0.0509. The van der Waals surface area contributed by atoms with E-state index in [4.69, 9.17) is 4.74 Å². The summed E-state index contributed by atoms with van der Waals surface area (Å²) in [7, 11) is 3.94. The van der Waals surface area contributed by atoms with E-state index in [2.05, 4.69) is 9.97 Å². The molecule has 3 aromatic rings. The Morgan fingerprint density at radius 1 is 1.21 bits per heavy atom. The standard InChI is InChI=1S/C19H23N3O2/c1-10(2)24-14-9-11(3)17(22(5)6)16-15(14)18(23)13-8-7-12(4)20-19(13)21-16/h7-10H,1-6H3,(H,20,21,23). The van der Waals surface area contributed by atoms with E-state index < -0.39 is 0 Å². The number of hydrogen-bond acceptors (Lipinski definition) is 4. The number of ether oxygens (including phenoxy) is 1. The maximum Gasteiger partial charge on any atom is 0.202 e. The van der Waals surface area contributed by atoms with Gasteiger partial charge in [-0.3, -0.25) is 4.79 Å². The van der Waals surface area contributed by atoms with E-state index in [1.54, 1.807) is 0 Å². The van der Waals surface area contributed by atoms with Crippen molar-refractivity contribution in [2.45, 2.75) is 33.8 Å². The fourth-order valence-corrected chi connectivity index (χ4v) is 3.13. The Morgan fingerprint density at radius 3 is 2.54 bits per heavy atom. The zero-order valence-electron chi connectivity index (χ0n) is 15.0. The Morgan fingerprint density at radius 2 is 1.92 bits per heavy atom. The molecule has 0 fully saturated rings. The van der Waals surface area contributed by atoms with Crippen LogP contribution >= 0.6 is 0 Å². The summed E-state index contributed by atoms with van der Waals surface area (Å²) in [6.45, 7) is 7.86. The van der Waals surface area contributed by atoms with Crippen molar-refractivity contribution in [3.8, 4) is 5.75 Å². The Labute approximate surface area is 141 Å². The number of fused-ring (bicyclic) bond motifs is 2. The number of aryl methyl sites for hydroxylation is 2. The van der Waals surface area contributed by atoms with E-state index >= 15 is 0 Å². The molecule has 0 bridgehead atoms. The van der Waals surface area contributed by atoms with Crippen molar-refractivity contribution in [2.75, 3.05) is 19.0 Å². The van der Waals surface area contributed by atoms with Crippen LogP contribution in [0.25, 0.3) is 21.9 Å². The molecule has 5 nitrogen and oxygen atoms in total. The van der Waals surface area contributed by atoms with Crippen LogP contribution in [0.4, 0.5) is 5.69 Å². The first-order valence-corrected chi connectivity index (χ1v) is 8.10. The van der Waals surface area contributed by atoms with Gasteiger partial charge in [-0.2, -0.15) is 0 Å². The van der Waals surface area contributed by atoms with Crippen molar-refractivity contribution in [1.29, 1.82) is 0 Å². The number of pyridine rings is 2. The summed E-state index contributed by atoms with van der Waals surface area (Å²) in [5, 5.41) is 1.16. The summed E-state index contributed by atoms with van der Waals surface area (Å²) >= 11 is 0. The van der Waals surface area contributed by atoms with E-state index in [1.165, 1.54) is 0 Å². The highest BCUT2D eigenvalue weighted by molar-refractivity contribution is 6.02. The molecule has 0 aliphatic carbocycles. The first-order chi connectivity index (χ1) is 11.3. The predicted molar refractivity (Wildman–Crippen MR) is 99.4 cm³/mol. The maximum atomic E-state index is 13.1. The van der Waals surface area contributed by atoms with Crippen LogP contribution in [0.5, 0.6) is 5.75 Å². The van der Waals surface area contributed by atoms with Crippen LogP contribution in [-0.4, -0.2) is 30.2 Å². The number of aromatic nitrogens is 2. The topological polar surface area (TPSA) is 58.2 Å². The molecule has 5 heteroatoms. The molecule has 0 radical (unpaired) electrons. The van der Waals surface area contributed by atoms with Crippen LogP contribution in [0, 0.1) is 13.8 Å². The normalized spacial score (nSPS) is 11.5. The molecule has 1 N–H and O–H groups in total. The third-order valence-corrected chi connectivity index (χ3v) is 4.01. The van der Waals surface area contributed by atoms with Gasteiger partial charge in [0.15, 0.2) is 0 Å². The highest BCUT2D eigenvalue weighted by Gasteiger charge is 2.18. The molecule has 1 aromatic carbocycles. The first-order valence-electron chi connectivity index (χ1n) is 8.10. The zero-order valence-corrected chi connectivity index (χ0v) is 15.0. The number of H-pyrrole nitrogens is 1. The summed E-state index contributed by atoms with van der Waals surface area (Å²) < 4.78 is 5.94. The molecular formula is C19H23N3O2. The van der Waals surface area contributed by atoms with Crippen molar-refractivity contribution in [3.63, 3.8) is 0 Å². The summed E-state index contributed by atoms with van der Waals surface area (Å²) in [4.78, 5) is 23.0. The van der Waals surface area contributed by atoms with Crippen LogP contribution < -0.4 is 15.1 Å². The van der Waals surface area contributed by atoms with Crippen molar-refractivity contribution >= 4 is 27.6 Å². The van der Waals surface area contributed by atoms with Gasteiger partial charge in [-0.1, -0.05) is 0 Å². The number of nitrogens with one attached hydrogen (secondary N) is 1. The van der Waals surface area contributed by atoms with E-state index in [0.29, 0.717) is 22.2 Å². The Kier molecular flexibility index (Phi) is 3.95. The average Bonchev–Trinajstić information content (AvgIpc) is 2.45. The van der Waals surface area contributed by atoms with Gasteiger partial charge < -0.3 is 14.6 Å². The van der Waals surface area contributed by atoms with Gasteiger partial charge in [0, 0.05) is 19.8 Å². The Bertz CT molecular complexity index is 987. The molecule has 0 amide bonds. The summed E-state index contributed by atoms with van der Waals surface area (Å²) in [6, 6.07) is 5.62. The van der Waals surface area contributed by atoms with Crippen molar-refractivity contribution in [3.05, 3.63) is 39.7 Å². The molecule has 24 heavy (non-hydrogen) atoms. The van der Waals surface area contributed by atoms with Crippen molar-refractivity contribution in [2.24, 2.45) is 0 Å². The molecule has 126 valence electrons. The average molecular weight is 325 g/mol. The summed E-state index contributed by atoms with van der Waals surface area (Å²) in [5.74, 6) is 0.617. The second-order valence-electron chi connectivity index (χ2n) is 6.65. The van der Waals surface area contributed by atoms with Gasteiger partial charge in [-0.05, 0) is 51.5 Å². The molecule has 0 aliphatic heterocycles. The van der Waals surface area contributed by atoms with Gasteiger partial charge in [0.05, 0.1) is 28.1 Å². The molecule has 0 aliphatic rings. The minimum absolute atomic E-state index is 0.0101. The number of nitrogens with zero attached hydrogens (tertiary/aromatic N) is 2. The van der Waals surface area contributed by atoms with Gasteiger partial charge in [-0.25, -0.2) is 4.98 Å². The monoisotopic (exact) mass is 325 g/mol. The highest BCUT2D eigenvalue weighted by Crippen LogP contribution is 2.34. The SMILES string of the molecule is Cc1ccc2c(=O)c3c(OC(C)C)cc(C)c(N(C)C)c3[nH]c2n1. The lowest BCUT2D eigenvalue weighted by Crippen LogP contribution is -2.16. The maximum absolute atomic E-state index is 13.1. The highest BCUT2D eigenvalue weighted by atomic mass is 16.5. The smallest absolute Gasteiger partial charge is 0.202 e. The number of benzene rings is 1. The number of hydrogen-bond donors (Lipinski definition) is 1. The number of rotatable bonds is 3. The van der Waals surface area contributed by atoms with Crippen LogP contribution in [0.15, 0.2) is 23.0 Å². The van der Waals surface area contributed by atoms with Crippen LogP contribution in [0.2, 0.25) is 0 Å². The van der Waals surface area contributed by atoms with E-state index in [1.807, 2.05) is 64.9 Å². The van der Waals surface area contributed by atoms with E-state index in [0.717, 1.165) is 22.5 Å².